The molecule has 1 saturated carbocycles. The standard InChI is InChI=1S/C21H25FN2O2S/c22-16-8-2-1-7-15(16)14-24-17-9-3-4-10-18(17)27-19(21(24)26)13-20(25)23-11-5-6-12-23/h1-2,7-8,13,17-18H,3-6,9-12,14H2/b19-13+. The highest BCUT2D eigenvalue weighted by Gasteiger charge is 2.41. The van der Waals surface area contributed by atoms with E-state index in [9.17, 15) is 14.0 Å². The van der Waals surface area contributed by atoms with E-state index in [0.717, 1.165) is 51.6 Å². The van der Waals surface area contributed by atoms with Crippen LogP contribution in [0.1, 0.15) is 44.1 Å². The van der Waals surface area contributed by atoms with Crippen LogP contribution in [0.4, 0.5) is 4.39 Å². The molecule has 2 heterocycles. The van der Waals surface area contributed by atoms with Crippen LogP contribution in [0.15, 0.2) is 35.2 Å². The zero-order chi connectivity index (χ0) is 18.8. The Morgan fingerprint density at radius 1 is 1.15 bits per heavy atom. The molecule has 144 valence electrons. The lowest BCUT2D eigenvalue weighted by Gasteiger charge is -2.44. The average molecular weight is 389 g/mol. The summed E-state index contributed by atoms with van der Waals surface area (Å²) in [6, 6.07) is 6.75. The summed E-state index contributed by atoms with van der Waals surface area (Å²) in [6.07, 6.45) is 7.80. The summed E-state index contributed by atoms with van der Waals surface area (Å²) in [6.45, 7) is 1.81. The molecule has 2 saturated heterocycles. The van der Waals surface area contributed by atoms with Crippen molar-refractivity contribution >= 4 is 23.6 Å². The van der Waals surface area contributed by atoms with Crippen LogP contribution in [0.2, 0.25) is 0 Å². The van der Waals surface area contributed by atoms with Crippen molar-refractivity contribution in [2.75, 3.05) is 13.1 Å². The molecule has 2 amide bonds. The van der Waals surface area contributed by atoms with Crippen LogP contribution in [0.3, 0.4) is 0 Å². The largest absolute Gasteiger partial charge is 0.339 e. The first kappa shape index (κ1) is 18.5. The van der Waals surface area contributed by atoms with Crippen molar-refractivity contribution in [3.8, 4) is 0 Å². The highest BCUT2D eigenvalue weighted by molar-refractivity contribution is 8.04. The molecule has 0 bridgehead atoms. The maximum absolute atomic E-state index is 14.2. The number of halogens is 1. The topological polar surface area (TPSA) is 40.6 Å². The SMILES string of the molecule is O=C(/C=C1/SC2CCCCC2N(Cc2ccccc2F)C1=O)N1CCCC1. The summed E-state index contributed by atoms with van der Waals surface area (Å²) in [5.74, 6) is -0.475. The molecule has 6 heteroatoms. The van der Waals surface area contributed by atoms with Gasteiger partial charge in [-0.1, -0.05) is 31.0 Å². The molecule has 27 heavy (non-hydrogen) atoms. The van der Waals surface area contributed by atoms with E-state index in [4.69, 9.17) is 0 Å². The molecular formula is C21H25FN2O2S. The summed E-state index contributed by atoms with van der Waals surface area (Å²) in [5.41, 5.74) is 0.535. The molecule has 0 radical (unpaired) electrons. The van der Waals surface area contributed by atoms with Crippen molar-refractivity contribution in [1.29, 1.82) is 0 Å². The monoisotopic (exact) mass is 388 g/mol. The highest BCUT2D eigenvalue weighted by atomic mass is 32.2. The second kappa shape index (κ2) is 8.05. The predicted octanol–water partition coefficient (Wildman–Crippen LogP) is 3.72. The van der Waals surface area contributed by atoms with E-state index in [2.05, 4.69) is 0 Å². The van der Waals surface area contributed by atoms with Crippen molar-refractivity contribution in [1.82, 2.24) is 9.80 Å². The summed E-state index contributed by atoms with van der Waals surface area (Å²) in [4.78, 5) is 29.9. The minimum absolute atomic E-state index is 0.0662. The van der Waals surface area contributed by atoms with Crippen LogP contribution >= 0.6 is 11.8 Å². The van der Waals surface area contributed by atoms with E-state index < -0.39 is 0 Å². The molecule has 4 rings (SSSR count). The number of carbonyl (C=O) groups is 2. The minimum Gasteiger partial charge on any atom is -0.339 e. The first-order valence-corrected chi connectivity index (χ1v) is 10.7. The second-order valence-corrected chi connectivity index (χ2v) is 8.85. The van der Waals surface area contributed by atoms with Gasteiger partial charge < -0.3 is 9.80 Å². The lowest BCUT2D eigenvalue weighted by atomic mass is 9.92. The van der Waals surface area contributed by atoms with E-state index >= 15 is 0 Å². The quantitative estimate of drug-likeness (QED) is 0.741. The molecular weight excluding hydrogens is 363 g/mol. The Morgan fingerprint density at radius 3 is 2.67 bits per heavy atom. The van der Waals surface area contributed by atoms with Crippen LogP contribution in [-0.4, -0.2) is 46.0 Å². The number of fused-ring (bicyclic) bond motifs is 1. The zero-order valence-corrected chi connectivity index (χ0v) is 16.2. The Kier molecular flexibility index (Phi) is 5.53. The fourth-order valence-corrected chi connectivity index (χ4v) is 5.75. The third-order valence-corrected chi connectivity index (χ3v) is 7.19. The molecule has 3 aliphatic rings. The van der Waals surface area contributed by atoms with E-state index in [-0.39, 0.29) is 30.2 Å². The van der Waals surface area contributed by atoms with Gasteiger partial charge in [0, 0.05) is 42.6 Å². The van der Waals surface area contributed by atoms with Crippen molar-refractivity contribution in [3.05, 3.63) is 46.6 Å². The molecule has 3 fully saturated rings. The van der Waals surface area contributed by atoms with Crippen LogP contribution in [-0.2, 0) is 16.1 Å². The first-order valence-electron chi connectivity index (χ1n) is 9.85. The number of amides is 2. The summed E-state index contributed by atoms with van der Waals surface area (Å²) in [7, 11) is 0. The van der Waals surface area contributed by atoms with Gasteiger partial charge in [-0.15, -0.1) is 11.8 Å². The zero-order valence-electron chi connectivity index (χ0n) is 15.4. The van der Waals surface area contributed by atoms with Crippen molar-refractivity contribution in [2.24, 2.45) is 0 Å². The van der Waals surface area contributed by atoms with Gasteiger partial charge in [0.15, 0.2) is 0 Å². The molecule has 2 aliphatic heterocycles. The predicted molar refractivity (Wildman–Crippen MR) is 104 cm³/mol. The van der Waals surface area contributed by atoms with Crippen molar-refractivity contribution in [2.45, 2.75) is 56.4 Å². The number of carbonyl (C=O) groups excluding carboxylic acids is 2. The Bertz CT molecular complexity index is 760. The molecule has 1 aromatic rings. The van der Waals surface area contributed by atoms with E-state index in [0.29, 0.717) is 15.7 Å². The molecule has 0 aromatic heterocycles. The van der Waals surface area contributed by atoms with Crippen molar-refractivity contribution < 1.29 is 14.0 Å². The van der Waals surface area contributed by atoms with Gasteiger partial charge in [0.25, 0.3) is 5.91 Å². The van der Waals surface area contributed by atoms with Crippen LogP contribution < -0.4 is 0 Å². The van der Waals surface area contributed by atoms with Gasteiger partial charge in [-0.25, -0.2) is 4.39 Å². The Balaban J connectivity index is 1.60. The summed E-state index contributed by atoms with van der Waals surface area (Å²) >= 11 is 1.56. The van der Waals surface area contributed by atoms with Gasteiger partial charge in [-0.3, -0.25) is 9.59 Å². The van der Waals surface area contributed by atoms with Gasteiger partial charge >= 0.3 is 0 Å². The number of benzene rings is 1. The molecule has 0 spiro atoms. The van der Waals surface area contributed by atoms with Gasteiger partial charge in [0.2, 0.25) is 5.91 Å². The molecule has 0 N–H and O–H groups in total. The molecule has 2 unspecified atom stereocenters. The molecule has 1 aliphatic carbocycles. The minimum atomic E-state index is -0.283. The molecule has 1 aromatic carbocycles. The van der Waals surface area contributed by atoms with Gasteiger partial charge in [-0.2, -0.15) is 0 Å². The van der Waals surface area contributed by atoms with E-state index in [1.165, 1.54) is 12.1 Å². The lowest BCUT2D eigenvalue weighted by molar-refractivity contribution is -0.131. The number of hydrogen-bond acceptors (Lipinski definition) is 3. The van der Waals surface area contributed by atoms with Gasteiger partial charge in [0.1, 0.15) is 5.82 Å². The maximum atomic E-state index is 14.2. The number of hydrogen-bond donors (Lipinski definition) is 0. The highest BCUT2D eigenvalue weighted by Crippen LogP contribution is 2.42. The summed E-state index contributed by atoms with van der Waals surface area (Å²) < 4.78 is 14.2. The van der Waals surface area contributed by atoms with Gasteiger partial charge in [-0.05, 0) is 31.7 Å². The number of likely N-dealkylation sites (tertiary alicyclic amines) is 1. The second-order valence-electron chi connectivity index (χ2n) is 7.57. The molecule has 4 nitrogen and oxygen atoms in total. The number of rotatable bonds is 3. The third-order valence-electron chi connectivity index (χ3n) is 5.79. The lowest BCUT2D eigenvalue weighted by Crippen LogP contribution is -2.51. The maximum Gasteiger partial charge on any atom is 0.261 e. The van der Waals surface area contributed by atoms with Crippen LogP contribution in [0.25, 0.3) is 0 Å². The average Bonchev–Trinajstić information content (AvgIpc) is 3.21. The van der Waals surface area contributed by atoms with Gasteiger partial charge in [0.05, 0.1) is 4.91 Å². The first-order chi connectivity index (χ1) is 13.1. The summed E-state index contributed by atoms with van der Waals surface area (Å²) in [5, 5.41) is 0.292. The van der Waals surface area contributed by atoms with Crippen LogP contribution in [0, 0.1) is 5.82 Å². The Morgan fingerprint density at radius 2 is 1.89 bits per heavy atom. The fraction of sp³-hybridized carbons (Fsp3) is 0.524. The number of nitrogens with zero attached hydrogens (tertiary/aromatic N) is 2. The smallest absolute Gasteiger partial charge is 0.261 e. The normalized spacial score (nSPS) is 27.1. The van der Waals surface area contributed by atoms with E-state index in [1.54, 1.807) is 30.0 Å². The van der Waals surface area contributed by atoms with Crippen molar-refractivity contribution in [3.63, 3.8) is 0 Å². The third kappa shape index (κ3) is 3.91. The Hall–Kier alpha value is -1.82. The fourth-order valence-electron chi connectivity index (χ4n) is 4.31. The number of thioether (sulfide) groups is 1. The Labute approximate surface area is 163 Å². The van der Waals surface area contributed by atoms with E-state index in [1.807, 2.05) is 9.80 Å². The van der Waals surface area contributed by atoms with Crippen LogP contribution in [0.5, 0.6) is 0 Å². The molecule has 2 atom stereocenters.